The molecule has 3 heteroatoms. The molecule has 2 rings (SSSR count). The minimum Gasteiger partial charge on any atom is -0.311 e. The predicted octanol–water partition coefficient (Wildman–Crippen LogP) is 3.52. The van der Waals surface area contributed by atoms with Gasteiger partial charge in [0.15, 0.2) is 0 Å². The summed E-state index contributed by atoms with van der Waals surface area (Å²) in [4.78, 5) is 0. The van der Waals surface area contributed by atoms with E-state index >= 15 is 0 Å². The van der Waals surface area contributed by atoms with Crippen LogP contribution in [-0.2, 0) is 6.54 Å². The lowest BCUT2D eigenvalue weighted by Crippen LogP contribution is -2.37. The van der Waals surface area contributed by atoms with Crippen LogP contribution in [0, 0.1) is 5.41 Å². The van der Waals surface area contributed by atoms with Gasteiger partial charge in [-0.2, -0.15) is 5.10 Å². The van der Waals surface area contributed by atoms with Crippen LogP contribution in [0.5, 0.6) is 0 Å². The van der Waals surface area contributed by atoms with Crippen LogP contribution < -0.4 is 5.32 Å². The fourth-order valence-corrected chi connectivity index (χ4v) is 2.79. The lowest BCUT2D eigenvalue weighted by molar-refractivity contribution is 0.156. The van der Waals surface area contributed by atoms with E-state index in [1.165, 1.54) is 25.0 Å². The van der Waals surface area contributed by atoms with E-state index in [2.05, 4.69) is 48.1 Å². The highest BCUT2D eigenvalue weighted by Gasteiger charge is 2.30. The van der Waals surface area contributed by atoms with Crippen LogP contribution in [0.4, 0.5) is 0 Å². The van der Waals surface area contributed by atoms with Crippen molar-refractivity contribution >= 4 is 0 Å². The van der Waals surface area contributed by atoms with Gasteiger partial charge in [0.1, 0.15) is 0 Å². The van der Waals surface area contributed by atoms with Gasteiger partial charge in [-0.25, -0.2) is 0 Å². The van der Waals surface area contributed by atoms with Crippen molar-refractivity contribution in [3.05, 3.63) is 18.0 Å². The fraction of sp³-hybridized carbons (Fsp3) is 0.800. The van der Waals surface area contributed by atoms with Crippen molar-refractivity contribution in [2.75, 3.05) is 6.54 Å². The molecule has 0 spiro atoms. The molecular weight excluding hydrogens is 222 g/mol. The molecule has 0 aliphatic heterocycles. The van der Waals surface area contributed by atoms with Crippen molar-refractivity contribution in [3.8, 4) is 0 Å². The average molecular weight is 249 g/mol. The Kier molecular flexibility index (Phi) is 4.44. The maximum Gasteiger partial charge on any atom is 0.0762 e. The minimum absolute atomic E-state index is 0.554. The first-order chi connectivity index (χ1) is 8.67. The Bertz CT molecular complexity index is 362. The van der Waals surface area contributed by atoms with E-state index in [0.29, 0.717) is 11.5 Å². The van der Waals surface area contributed by atoms with Crippen molar-refractivity contribution in [1.29, 1.82) is 0 Å². The first-order valence-electron chi connectivity index (χ1n) is 7.41. The first-order valence-corrected chi connectivity index (χ1v) is 7.41. The van der Waals surface area contributed by atoms with Crippen molar-refractivity contribution in [1.82, 2.24) is 15.1 Å². The first kappa shape index (κ1) is 13.6. The molecule has 1 saturated carbocycles. The van der Waals surface area contributed by atoms with Gasteiger partial charge in [0.05, 0.1) is 11.7 Å². The average Bonchev–Trinajstić information content (AvgIpc) is 2.77. The zero-order valence-corrected chi connectivity index (χ0v) is 12.1. The second-order valence-electron chi connectivity index (χ2n) is 6.03. The summed E-state index contributed by atoms with van der Waals surface area (Å²) < 4.78 is 2.13. The Morgan fingerprint density at radius 1 is 1.39 bits per heavy atom. The molecule has 1 aliphatic carbocycles. The second-order valence-corrected chi connectivity index (χ2v) is 6.03. The summed E-state index contributed by atoms with van der Waals surface area (Å²) in [5.41, 5.74) is 1.72. The largest absolute Gasteiger partial charge is 0.311 e. The molecule has 1 aliphatic rings. The lowest BCUT2D eigenvalue weighted by atomic mass is 9.70. The Labute approximate surface area is 111 Å². The number of aromatic nitrogens is 2. The van der Waals surface area contributed by atoms with Crippen molar-refractivity contribution < 1.29 is 0 Å². The van der Waals surface area contributed by atoms with E-state index in [4.69, 9.17) is 0 Å². The number of hydrogen-bond donors (Lipinski definition) is 1. The van der Waals surface area contributed by atoms with E-state index in [0.717, 1.165) is 25.9 Å². The Hall–Kier alpha value is -0.830. The third-order valence-corrected chi connectivity index (χ3v) is 4.40. The van der Waals surface area contributed by atoms with Gasteiger partial charge in [0.25, 0.3) is 0 Å². The molecule has 1 N–H and O–H groups in total. The van der Waals surface area contributed by atoms with Gasteiger partial charge >= 0.3 is 0 Å². The van der Waals surface area contributed by atoms with E-state index in [1.54, 1.807) is 0 Å². The Balaban J connectivity index is 1.79. The number of hydrogen-bond acceptors (Lipinski definition) is 2. The Morgan fingerprint density at radius 3 is 2.67 bits per heavy atom. The number of nitrogens with one attached hydrogen (secondary N) is 1. The van der Waals surface area contributed by atoms with Crippen LogP contribution in [0.15, 0.2) is 12.3 Å². The molecule has 102 valence electrons. The van der Waals surface area contributed by atoms with Crippen LogP contribution in [0.3, 0.4) is 0 Å². The highest BCUT2D eigenvalue weighted by molar-refractivity contribution is 5.00. The topological polar surface area (TPSA) is 29.9 Å². The van der Waals surface area contributed by atoms with Crippen LogP contribution in [0.2, 0.25) is 0 Å². The molecule has 0 radical (unpaired) electrons. The number of nitrogens with zero attached hydrogens (tertiary/aromatic N) is 2. The van der Waals surface area contributed by atoms with Gasteiger partial charge in [-0.15, -0.1) is 0 Å². The summed E-state index contributed by atoms with van der Waals surface area (Å²) in [6.07, 6.45) is 8.60. The van der Waals surface area contributed by atoms with Crippen molar-refractivity contribution in [2.24, 2.45) is 5.41 Å². The minimum atomic E-state index is 0.554. The predicted molar refractivity (Wildman–Crippen MR) is 75.5 cm³/mol. The van der Waals surface area contributed by atoms with Crippen LogP contribution in [0.25, 0.3) is 0 Å². The standard InChI is InChI=1S/C15H27N3/c1-4-14(5-2)18-10-7-13(17-18)11-16-12-15(3)8-6-9-15/h7,10,14,16H,4-6,8-9,11-12H2,1-3H3. The van der Waals surface area contributed by atoms with Gasteiger partial charge < -0.3 is 5.32 Å². The molecule has 1 fully saturated rings. The van der Waals surface area contributed by atoms with E-state index in [1.807, 2.05) is 0 Å². The third kappa shape index (κ3) is 3.14. The van der Waals surface area contributed by atoms with Crippen LogP contribution in [-0.4, -0.2) is 16.3 Å². The molecule has 0 saturated heterocycles. The molecule has 0 amide bonds. The molecule has 1 aromatic rings. The monoisotopic (exact) mass is 249 g/mol. The maximum absolute atomic E-state index is 4.67. The molecule has 0 unspecified atom stereocenters. The Morgan fingerprint density at radius 2 is 2.11 bits per heavy atom. The van der Waals surface area contributed by atoms with Crippen molar-refractivity contribution in [2.45, 2.75) is 65.5 Å². The molecule has 18 heavy (non-hydrogen) atoms. The fourth-order valence-electron chi connectivity index (χ4n) is 2.79. The molecule has 3 nitrogen and oxygen atoms in total. The smallest absolute Gasteiger partial charge is 0.0762 e. The number of rotatable bonds is 7. The summed E-state index contributed by atoms with van der Waals surface area (Å²) in [6.45, 7) is 8.87. The molecule has 0 aromatic carbocycles. The second kappa shape index (κ2) is 5.87. The highest BCUT2D eigenvalue weighted by atomic mass is 15.3. The molecule has 0 bridgehead atoms. The molecule has 1 heterocycles. The summed E-state index contributed by atoms with van der Waals surface area (Å²) in [5.74, 6) is 0. The quantitative estimate of drug-likeness (QED) is 0.801. The van der Waals surface area contributed by atoms with Gasteiger partial charge in [-0.05, 0) is 37.2 Å². The molecular formula is C15H27N3. The molecule has 1 aromatic heterocycles. The van der Waals surface area contributed by atoms with Gasteiger partial charge in [0.2, 0.25) is 0 Å². The lowest BCUT2D eigenvalue weighted by Gasteiger charge is -2.38. The SMILES string of the molecule is CCC(CC)n1ccc(CNCC2(C)CCC2)n1. The zero-order valence-electron chi connectivity index (χ0n) is 12.1. The summed E-state index contributed by atoms with van der Waals surface area (Å²) in [5, 5.41) is 8.23. The van der Waals surface area contributed by atoms with E-state index in [9.17, 15) is 0 Å². The summed E-state index contributed by atoms with van der Waals surface area (Å²) in [6, 6.07) is 2.71. The summed E-state index contributed by atoms with van der Waals surface area (Å²) in [7, 11) is 0. The van der Waals surface area contributed by atoms with E-state index in [-0.39, 0.29) is 0 Å². The molecule has 0 atom stereocenters. The van der Waals surface area contributed by atoms with Crippen molar-refractivity contribution in [3.63, 3.8) is 0 Å². The van der Waals surface area contributed by atoms with E-state index < -0.39 is 0 Å². The third-order valence-electron chi connectivity index (χ3n) is 4.40. The zero-order chi connectivity index (χ0) is 13.0. The van der Waals surface area contributed by atoms with Gasteiger partial charge in [-0.1, -0.05) is 27.2 Å². The van der Waals surface area contributed by atoms with Gasteiger partial charge in [-0.3, -0.25) is 4.68 Å². The summed E-state index contributed by atoms with van der Waals surface area (Å²) >= 11 is 0. The van der Waals surface area contributed by atoms with Gasteiger partial charge in [0, 0.05) is 19.3 Å². The highest BCUT2D eigenvalue weighted by Crippen LogP contribution is 2.39. The van der Waals surface area contributed by atoms with Crippen LogP contribution in [0.1, 0.15) is 64.6 Å². The van der Waals surface area contributed by atoms with Crippen LogP contribution >= 0.6 is 0 Å². The normalized spacial score (nSPS) is 18.0. The maximum atomic E-state index is 4.67.